The summed E-state index contributed by atoms with van der Waals surface area (Å²) in [5, 5.41) is 18.8. The van der Waals surface area contributed by atoms with Crippen LogP contribution < -0.4 is 10.6 Å². The average molecular weight is 683 g/mol. The van der Waals surface area contributed by atoms with Crippen LogP contribution in [0.3, 0.4) is 0 Å². The molecule has 5 aliphatic rings. The molecule has 47 heavy (non-hydrogen) atoms. The largest absolute Gasteiger partial charge is 0.443 e. The highest BCUT2D eigenvalue weighted by atomic mass is 32.2. The van der Waals surface area contributed by atoms with E-state index in [4.69, 9.17) is 14.2 Å². The fourth-order valence-electron chi connectivity index (χ4n) is 7.88. The van der Waals surface area contributed by atoms with Crippen molar-refractivity contribution in [2.45, 2.75) is 99.6 Å². The number of carbonyl (C=O) groups is 1. The Kier molecular flexibility index (Phi) is 8.00. The van der Waals surface area contributed by atoms with Gasteiger partial charge >= 0.3 is 6.09 Å². The molecule has 2 saturated heterocycles. The van der Waals surface area contributed by atoms with E-state index in [1.54, 1.807) is 18.2 Å². The molecular formula is C34H42N4O7S2. The number of rotatable bonds is 13. The highest BCUT2D eigenvalue weighted by molar-refractivity contribution is 7.89. The SMILES string of the molecule is CC(C)CN(CC(O)C(Cc1ccccc1)NC(=O)OC1C2CC3C(O2)OC32CCC12)S(=O)(=O)c1ccc2nc(NC3CC3)sc2c1. The van der Waals surface area contributed by atoms with Crippen molar-refractivity contribution in [1.82, 2.24) is 14.6 Å². The summed E-state index contributed by atoms with van der Waals surface area (Å²) < 4.78 is 48.6. The number of hydrogen-bond acceptors (Lipinski definition) is 10. The maximum atomic E-state index is 14.1. The van der Waals surface area contributed by atoms with Crippen molar-refractivity contribution in [1.29, 1.82) is 0 Å². The molecule has 3 aromatic rings. The molecule has 8 rings (SSSR count). The Balaban J connectivity index is 1.01. The van der Waals surface area contributed by atoms with Crippen LogP contribution >= 0.6 is 11.3 Å². The number of thiazole rings is 1. The molecule has 11 nitrogen and oxygen atoms in total. The minimum absolute atomic E-state index is 0.00578. The van der Waals surface area contributed by atoms with E-state index in [2.05, 4.69) is 15.6 Å². The highest BCUT2D eigenvalue weighted by Crippen LogP contribution is 2.66. The summed E-state index contributed by atoms with van der Waals surface area (Å²) in [6.45, 7) is 3.88. The van der Waals surface area contributed by atoms with Crippen LogP contribution in [0.25, 0.3) is 10.2 Å². The molecular weight excluding hydrogens is 641 g/mol. The number of amides is 1. The predicted octanol–water partition coefficient (Wildman–Crippen LogP) is 4.51. The number of nitrogens with one attached hydrogen (secondary N) is 2. The summed E-state index contributed by atoms with van der Waals surface area (Å²) in [4.78, 5) is 18.2. The van der Waals surface area contributed by atoms with Crippen LogP contribution in [-0.4, -0.2) is 84.3 Å². The van der Waals surface area contributed by atoms with Crippen LogP contribution in [0, 0.1) is 17.8 Å². The molecule has 3 aliphatic carbocycles. The second-order valence-electron chi connectivity index (χ2n) is 14.3. The average Bonchev–Trinajstić information content (AvgIpc) is 3.66. The van der Waals surface area contributed by atoms with Gasteiger partial charge in [0, 0.05) is 31.0 Å². The zero-order chi connectivity index (χ0) is 32.5. The molecule has 3 heterocycles. The number of carbonyl (C=O) groups excluding carboxylic acids is 1. The van der Waals surface area contributed by atoms with Gasteiger partial charge in [0.1, 0.15) is 6.10 Å². The van der Waals surface area contributed by atoms with Crippen molar-refractivity contribution >= 4 is 42.8 Å². The van der Waals surface area contributed by atoms with Gasteiger partial charge in [-0.2, -0.15) is 4.31 Å². The third kappa shape index (κ3) is 5.82. The zero-order valence-corrected chi connectivity index (χ0v) is 28.2. The maximum absolute atomic E-state index is 14.1. The van der Waals surface area contributed by atoms with Gasteiger partial charge in [0.2, 0.25) is 10.0 Å². The van der Waals surface area contributed by atoms with Gasteiger partial charge in [-0.3, -0.25) is 0 Å². The molecule has 0 radical (unpaired) electrons. The van der Waals surface area contributed by atoms with Gasteiger partial charge in [0.15, 0.2) is 11.4 Å². The van der Waals surface area contributed by atoms with Gasteiger partial charge in [0.25, 0.3) is 0 Å². The number of aliphatic hydroxyl groups is 1. The monoisotopic (exact) mass is 682 g/mol. The lowest BCUT2D eigenvalue weighted by Crippen LogP contribution is -2.71. The summed E-state index contributed by atoms with van der Waals surface area (Å²) in [6, 6.07) is 14.1. The fourth-order valence-corrected chi connectivity index (χ4v) is 10.6. The van der Waals surface area contributed by atoms with Crippen molar-refractivity contribution < 1.29 is 32.5 Å². The van der Waals surface area contributed by atoms with Crippen LogP contribution in [0.4, 0.5) is 9.93 Å². The summed E-state index contributed by atoms with van der Waals surface area (Å²) in [5.41, 5.74) is 1.41. The van der Waals surface area contributed by atoms with Crippen LogP contribution in [0.15, 0.2) is 53.4 Å². The number of benzene rings is 2. The van der Waals surface area contributed by atoms with Gasteiger partial charge < -0.3 is 30.0 Å². The Morgan fingerprint density at radius 2 is 1.96 bits per heavy atom. The van der Waals surface area contributed by atoms with E-state index in [1.165, 1.54) is 15.6 Å². The van der Waals surface area contributed by atoms with Gasteiger partial charge in [-0.25, -0.2) is 18.2 Å². The van der Waals surface area contributed by atoms with Crippen molar-refractivity contribution in [3.05, 3.63) is 54.1 Å². The molecule has 2 aromatic carbocycles. The molecule has 1 amide bonds. The van der Waals surface area contributed by atoms with Crippen molar-refractivity contribution in [3.8, 4) is 0 Å². The smallest absolute Gasteiger partial charge is 0.407 e. The first kappa shape index (κ1) is 31.5. The Labute approximate surface area is 279 Å². The molecule has 1 spiro atoms. The number of hydrogen-bond donors (Lipinski definition) is 3. The fraction of sp³-hybridized carbons (Fsp3) is 0.588. The number of ether oxygens (including phenoxy) is 3. The van der Waals surface area contributed by atoms with E-state index in [0.717, 1.165) is 53.0 Å². The van der Waals surface area contributed by atoms with Gasteiger partial charge in [-0.1, -0.05) is 55.5 Å². The number of nitrogens with zero attached hydrogens (tertiary/aromatic N) is 2. The quantitative estimate of drug-likeness (QED) is 0.238. The first-order valence-electron chi connectivity index (χ1n) is 16.8. The molecule has 8 atom stereocenters. The van der Waals surface area contributed by atoms with Crippen molar-refractivity contribution in [3.63, 3.8) is 0 Å². The normalized spacial score (nSPS) is 30.4. The molecule has 8 unspecified atom stereocenters. The minimum Gasteiger partial charge on any atom is -0.443 e. The summed E-state index contributed by atoms with van der Waals surface area (Å²) in [7, 11) is -4.00. The Hall–Kier alpha value is -2.81. The molecule has 1 aromatic heterocycles. The van der Waals surface area contributed by atoms with Gasteiger partial charge in [-0.05, 0) is 68.2 Å². The summed E-state index contributed by atoms with van der Waals surface area (Å²) in [5.74, 6) is 0.485. The molecule has 2 bridgehead atoms. The number of aliphatic hydroxyl groups excluding tert-OH is 1. The first-order valence-corrected chi connectivity index (χ1v) is 19.0. The van der Waals surface area contributed by atoms with Crippen LogP contribution in [0.5, 0.6) is 0 Å². The third-order valence-corrected chi connectivity index (χ3v) is 13.3. The lowest BCUT2D eigenvalue weighted by atomic mass is 9.53. The Morgan fingerprint density at radius 1 is 1.15 bits per heavy atom. The second-order valence-corrected chi connectivity index (χ2v) is 17.2. The molecule has 13 heteroatoms. The molecule has 3 saturated carbocycles. The van der Waals surface area contributed by atoms with Crippen LogP contribution in [0.2, 0.25) is 0 Å². The van der Waals surface area contributed by atoms with E-state index in [0.29, 0.717) is 18.4 Å². The number of fused-ring (bicyclic) bond motifs is 2. The maximum Gasteiger partial charge on any atom is 0.407 e. The molecule has 3 N–H and O–H groups in total. The topological polar surface area (TPSA) is 139 Å². The zero-order valence-electron chi connectivity index (χ0n) is 26.6. The number of alkyl carbamates (subject to hydrolysis) is 1. The lowest BCUT2D eigenvalue weighted by Gasteiger charge is -2.63. The third-order valence-electron chi connectivity index (χ3n) is 10.5. The van der Waals surface area contributed by atoms with Gasteiger partial charge in [-0.15, -0.1) is 0 Å². The second kappa shape index (κ2) is 12.0. The number of sulfonamides is 1. The van der Waals surface area contributed by atoms with Crippen LogP contribution in [0.1, 0.15) is 51.5 Å². The van der Waals surface area contributed by atoms with E-state index >= 15 is 0 Å². The first-order chi connectivity index (χ1) is 22.6. The highest BCUT2D eigenvalue weighted by Gasteiger charge is 2.75. The standard InChI is InChI=1S/C34H42N4O7S2/c1-19(2)17-38(47(41,42)22-10-11-25-29(15-22)46-32(36-25)35-21-8-9-21)18-27(39)26(14-20-6-4-3-5-7-20)37-33(40)44-30-23-12-13-34(23)24-16-28(30)43-31(24)45-34/h3-7,10-11,15,19,21,23-24,26-28,30-31,39H,8-9,12-14,16-18H2,1-2H3,(H,35,36)(H,37,40). The molecule has 252 valence electrons. The predicted molar refractivity (Wildman–Crippen MR) is 177 cm³/mol. The van der Waals surface area contributed by atoms with Crippen molar-refractivity contribution in [2.75, 3.05) is 18.4 Å². The Bertz CT molecular complexity index is 1750. The minimum atomic E-state index is -4.00. The Morgan fingerprint density at radius 3 is 2.68 bits per heavy atom. The summed E-state index contributed by atoms with van der Waals surface area (Å²) in [6.07, 6.45) is 2.56. The van der Waals surface area contributed by atoms with E-state index < -0.39 is 34.4 Å². The number of anilines is 1. The lowest BCUT2D eigenvalue weighted by molar-refractivity contribution is -0.360. The van der Waals surface area contributed by atoms with Crippen LogP contribution in [-0.2, 0) is 30.7 Å². The number of aromatic nitrogens is 1. The van der Waals surface area contributed by atoms with Gasteiger partial charge in [0.05, 0.1) is 39.0 Å². The molecule has 2 aliphatic heterocycles. The van der Waals surface area contributed by atoms with Crippen molar-refractivity contribution in [2.24, 2.45) is 17.8 Å². The molecule has 5 fully saturated rings. The summed E-state index contributed by atoms with van der Waals surface area (Å²) >= 11 is 1.44. The van der Waals surface area contributed by atoms with E-state index in [-0.39, 0.29) is 47.8 Å². The van der Waals surface area contributed by atoms with E-state index in [1.807, 2.05) is 44.2 Å². The van der Waals surface area contributed by atoms with E-state index in [9.17, 15) is 18.3 Å².